The number of aliphatic imine (C=N–C) groups is 1. The molecule has 4 heterocycles. The summed E-state index contributed by atoms with van der Waals surface area (Å²) in [5.41, 5.74) is 2.05. The molecular weight excluding hydrogens is 378 g/mol. The van der Waals surface area contributed by atoms with Gasteiger partial charge in [-0.2, -0.15) is 0 Å². The number of rotatable bonds is 1. The van der Waals surface area contributed by atoms with Gasteiger partial charge < -0.3 is 23.7 Å². The van der Waals surface area contributed by atoms with Gasteiger partial charge in [-0.3, -0.25) is 4.99 Å². The van der Waals surface area contributed by atoms with E-state index in [2.05, 4.69) is 19.1 Å². The Morgan fingerprint density at radius 3 is 2.54 bits per heavy atom. The van der Waals surface area contributed by atoms with Gasteiger partial charge in [-0.05, 0) is 46.8 Å². The number of fused-ring (bicyclic) bond motifs is 3. The smallest absolute Gasteiger partial charge is 0.189 e. The first-order valence-electron chi connectivity index (χ1n) is 9.83. The van der Waals surface area contributed by atoms with Gasteiger partial charge in [0.15, 0.2) is 17.9 Å². The van der Waals surface area contributed by atoms with Crippen LogP contribution in [0.2, 0.25) is 0 Å². The number of hydrogen-bond donors (Lipinski definition) is 0. The number of ether oxygens (including phenoxy) is 5. The Morgan fingerprint density at radius 1 is 1.00 bits per heavy atom. The summed E-state index contributed by atoms with van der Waals surface area (Å²) in [5, 5.41) is 0. The third-order valence-corrected chi connectivity index (χ3v) is 7.23. The molecule has 0 aromatic heterocycles. The first-order valence-corrected chi connectivity index (χ1v) is 10.6. The largest absolute Gasteiger partial charge is 0.348 e. The minimum absolute atomic E-state index is 0.193. The van der Waals surface area contributed by atoms with Gasteiger partial charge in [-0.25, -0.2) is 0 Å². The van der Waals surface area contributed by atoms with Crippen molar-refractivity contribution >= 4 is 23.2 Å². The third-order valence-electron chi connectivity index (χ3n) is 5.68. The van der Waals surface area contributed by atoms with E-state index in [1.54, 1.807) is 11.8 Å². The van der Waals surface area contributed by atoms with E-state index >= 15 is 0 Å². The van der Waals surface area contributed by atoms with E-state index in [4.69, 9.17) is 28.7 Å². The van der Waals surface area contributed by atoms with Gasteiger partial charge in [0.1, 0.15) is 18.3 Å². The van der Waals surface area contributed by atoms with Crippen LogP contribution in [0.15, 0.2) is 34.2 Å². The predicted molar refractivity (Wildman–Crippen MR) is 106 cm³/mol. The Morgan fingerprint density at radius 2 is 1.79 bits per heavy atom. The van der Waals surface area contributed by atoms with Gasteiger partial charge in [-0.1, -0.05) is 12.1 Å². The maximum atomic E-state index is 6.48. The zero-order chi connectivity index (χ0) is 19.7. The lowest BCUT2D eigenvalue weighted by Crippen LogP contribution is -2.52. The summed E-state index contributed by atoms with van der Waals surface area (Å²) < 4.78 is 30.7. The molecule has 28 heavy (non-hydrogen) atoms. The molecule has 0 bridgehead atoms. The zero-order valence-corrected chi connectivity index (χ0v) is 17.7. The molecule has 1 spiro atoms. The maximum absolute atomic E-state index is 6.48. The van der Waals surface area contributed by atoms with Crippen molar-refractivity contribution in [1.29, 1.82) is 0 Å². The van der Waals surface area contributed by atoms with Crippen molar-refractivity contribution in [2.45, 2.75) is 86.9 Å². The second-order valence-electron chi connectivity index (χ2n) is 8.90. The molecule has 3 fully saturated rings. The summed E-state index contributed by atoms with van der Waals surface area (Å²) in [5.74, 6) is -1.30. The lowest BCUT2D eigenvalue weighted by atomic mass is 9.88. The van der Waals surface area contributed by atoms with E-state index in [9.17, 15) is 0 Å². The molecule has 3 saturated heterocycles. The molecule has 5 rings (SSSR count). The Balaban J connectivity index is 1.59. The molecule has 0 saturated carbocycles. The van der Waals surface area contributed by atoms with E-state index in [1.807, 2.05) is 39.8 Å². The molecule has 1 aromatic carbocycles. The lowest BCUT2D eigenvalue weighted by molar-refractivity contribution is -0.224. The SMILES string of the molecule is CC1=Nc2ccccc2S[C@]2(C1)[C@@H]([C@@H]1COC(C)(C)O1)O[C@H]1OC(C)(C)O[C@@H]12. The topological polar surface area (TPSA) is 58.5 Å². The van der Waals surface area contributed by atoms with Crippen molar-refractivity contribution in [2.75, 3.05) is 6.61 Å². The molecule has 0 unspecified atom stereocenters. The molecule has 4 aliphatic rings. The Bertz CT molecular complexity index is 825. The van der Waals surface area contributed by atoms with Crippen LogP contribution in [0.4, 0.5) is 5.69 Å². The summed E-state index contributed by atoms with van der Waals surface area (Å²) in [6.45, 7) is 10.3. The second kappa shape index (κ2) is 6.27. The monoisotopic (exact) mass is 405 g/mol. The molecule has 4 aliphatic heterocycles. The second-order valence-corrected chi connectivity index (χ2v) is 10.3. The first-order chi connectivity index (χ1) is 13.2. The van der Waals surface area contributed by atoms with E-state index in [0.29, 0.717) is 6.61 Å². The van der Waals surface area contributed by atoms with Crippen molar-refractivity contribution in [3.63, 3.8) is 0 Å². The summed E-state index contributed by atoms with van der Waals surface area (Å²) in [6.07, 6.45) is -0.347. The van der Waals surface area contributed by atoms with Crippen molar-refractivity contribution in [3.05, 3.63) is 24.3 Å². The summed E-state index contributed by atoms with van der Waals surface area (Å²) in [6, 6.07) is 8.24. The van der Waals surface area contributed by atoms with E-state index in [0.717, 1.165) is 22.7 Å². The van der Waals surface area contributed by atoms with Gasteiger partial charge >= 0.3 is 0 Å². The van der Waals surface area contributed by atoms with Crippen LogP contribution in [-0.2, 0) is 23.7 Å². The summed E-state index contributed by atoms with van der Waals surface area (Å²) in [7, 11) is 0. The predicted octanol–water partition coefficient (Wildman–Crippen LogP) is 4.04. The molecule has 5 atom stereocenters. The highest BCUT2D eigenvalue weighted by molar-refractivity contribution is 8.01. The first kappa shape index (κ1) is 19.0. The van der Waals surface area contributed by atoms with Crippen LogP contribution in [0.5, 0.6) is 0 Å². The van der Waals surface area contributed by atoms with Crippen LogP contribution in [0.3, 0.4) is 0 Å². The Kier molecular flexibility index (Phi) is 4.26. The van der Waals surface area contributed by atoms with Gasteiger partial charge in [0.2, 0.25) is 0 Å². The minimum Gasteiger partial charge on any atom is -0.348 e. The van der Waals surface area contributed by atoms with Crippen LogP contribution in [0.25, 0.3) is 0 Å². The molecule has 6 nitrogen and oxygen atoms in total. The maximum Gasteiger partial charge on any atom is 0.189 e. The van der Waals surface area contributed by atoms with Crippen LogP contribution < -0.4 is 0 Å². The van der Waals surface area contributed by atoms with Crippen LogP contribution in [0, 0.1) is 0 Å². The average molecular weight is 406 g/mol. The molecule has 0 amide bonds. The molecule has 7 heteroatoms. The Hall–Kier alpha value is -0.960. The standard InChI is InChI=1S/C21H27NO5S/c1-12-10-21(28-15-9-7-6-8-13(15)22-12)16(14-11-23-19(2,3)25-14)24-18-17(21)26-20(4,5)27-18/h6-9,14,16-18H,10-11H2,1-5H3/t14-,16+,17-,18-,21+/m0/s1. The highest BCUT2D eigenvalue weighted by Crippen LogP contribution is 2.57. The average Bonchev–Trinajstić information content (AvgIpc) is 3.15. The fourth-order valence-corrected chi connectivity index (χ4v) is 6.34. The summed E-state index contributed by atoms with van der Waals surface area (Å²) >= 11 is 1.78. The lowest BCUT2D eigenvalue weighted by Gasteiger charge is -2.39. The van der Waals surface area contributed by atoms with E-state index in [-0.39, 0.29) is 18.3 Å². The summed E-state index contributed by atoms with van der Waals surface area (Å²) in [4.78, 5) is 6.00. The van der Waals surface area contributed by atoms with Crippen LogP contribution >= 0.6 is 11.8 Å². The van der Waals surface area contributed by atoms with Gasteiger partial charge in [0.25, 0.3) is 0 Å². The molecule has 0 aliphatic carbocycles. The van der Waals surface area contributed by atoms with Crippen LogP contribution in [0.1, 0.15) is 41.0 Å². The molecule has 0 N–H and O–H groups in total. The van der Waals surface area contributed by atoms with Crippen molar-refractivity contribution < 1.29 is 23.7 Å². The number of thioether (sulfide) groups is 1. The normalized spacial score (nSPS) is 40.8. The molecule has 0 radical (unpaired) electrons. The highest BCUT2D eigenvalue weighted by Gasteiger charge is 2.67. The number of benzene rings is 1. The van der Waals surface area contributed by atoms with E-state index in [1.165, 1.54) is 0 Å². The zero-order valence-electron chi connectivity index (χ0n) is 16.9. The fraction of sp³-hybridized carbons (Fsp3) is 0.667. The van der Waals surface area contributed by atoms with Gasteiger partial charge in [0.05, 0.1) is 17.0 Å². The quantitative estimate of drug-likeness (QED) is 0.703. The molecular formula is C21H27NO5S. The van der Waals surface area contributed by atoms with Crippen LogP contribution in [-0.4, -0.2) is 53.2 Å². The number of para-hydroxylation sites is 1. The van der Waals surface area contributed by atoms with Gasteiger partial charge in [0, 0.05) is 17.0 Å². The Labute approximate surface area is 169 Å². The van der Waals surface area contributed by atoms with E-state index < -0.39 is 22.6 Å². The number of hydrogen-bond acceptors (Lipinski definition) is 7. The highest BCUT2D eigenvalue weighted by atomic mass is 32.2. The fourth-order valence-electron chi connectivity index (χ4n) is 4.69. The third kappa shape index (κ3) is 3.04. The van der Waals surface area contributed by atoms with Crippen molar-refractivity contribution in [1.82, 2.24) is 0 Å². The number of nitrogens with zero attached hydrogens (tertiary/aromatic N) is 1. The molecule has 1 aromatic rings. The van der Waals surface area contributed by atoms with Gasteiger partial charge in [-0.15, -0.1) is 11.8 Å². The van der Waals surface area contributed by atoms with Crippen molar-refractivity contribution in [3.8, 4) is 0 Å². The minimum atomic E-state index is -0.683. The van der Waals surface area contributed by atoms with Crippen molar-refractivity contribution in [2.24, 2.45) is 4.99 Å². The molecule has 152 valence electrons.